The molecule has 0 saturated carbocycles. The minimum absolute atomic E-state index is 0.0907. The fourth-order valence-corrected chi connectivity index (χ4v) is 3.74. The fraction of sp³-hybridized carbons (Fsp3) is 0.400. The highest BCUT2D eigenvalue weighted by Crippen LogP contribution is 2.27. The van der Waals surface area contributed by atoms with Gasteiger partial charge in [0.25, 0.3) is 5.91 Å². The Kier molecular flexibility index (Phi) is 4.85. The standard InChI is InChI=1S/C20H23N5O3/c1-3-25-18(21-23(2)20(25)27)15-9-11-24(12-10-15)19(26)16-13-17(28-22-16)14-7-5-4-6-8-14/h4-8,13,15H,3,9-12H2,1-2H3. The van der Waals surface area contributed by atoms with E-state index in [9.17, 15) is 9.59 Å². The number of hydrogen-bond acceptors (Lipinski definition) is 5. The summed E-state index contributed by atoms with van der Waals surface area (Å²) in [5.74, 6) is 1.45. The van der Waals surface area contributed by atoms with E-state index in [-0.39, 0.29) is 17.5 Å². The first-order valence-corrected chi connectivity index (χ1v) is 9.53. The monoisotopic (exact) mass is 381 g/mol. The minimum Gasteiger partial charge on any atom is -0.355 e. The van der Waals surface area contributed by atoms with E-state index in [0.29, 0.717) is 31.1 Å². The van der Waals surface area contributed by atoms with Gasteiger partial charge in [0.05, 0.1) is 0 Å². The van der Waals surface area contributed by atoms with Crippen molar-refractivity contribution in [1.82, 2.24) is 24.4 Å². The van der Waals surface area contributed by atoms with Crippen LogP contribution in [0.1, 0.15) is 42.0 Å². The van der Waals surface area contributed by atoms with Crippen LogP contribution in [0.15, 0.2) is 45.7 Å². The molecule has 1 fully saturated rings. The van der Waals surface area contributed by atoms with Gasteiger partial charge in [0.15, 0.2) is 11.5 Å². The van der Waals surface area contributed by atoms with Gasteiger partial charge in [-0.2, -0.15) is 5.10 Å². The first kappa shape index (κ1) is 18.2. The molecule has 0 aliphatic carbocycles. The maximum absolute atomic E-state index is 12.8. The van der Waals surface area contributed by atoms with E-state index < -0.39 is 0 Å². The summed E-state index contributed by atoms with van der Waals surface area (Å²) in [5.41, 5.74) is 1.12. The van der Waals surface area contributed by atoms with Crippen molar-refractivity contribution in [2.45, 2.75) is 32.2 Å². The third-order valence-electron chi connectivity index (χ3n) is 5.29. The van der Waals surface area contributed by atoms with E-state index in [2.05, 4.69) is 10.3 Å². The molecular formula is C20H23N5O3. The van der Waals surface area contributed by atoms with Crippen LogP contribution < -0.4 is 5.69 Å². The molecule has 28 heavy (non-hydrogen) atoms. The number of carbonyl (C=O) groups is 1. The van der Waals surface area contributed by atoms with Crippen molar-refractivity contribution < 1.29 is 9.32 Å². The number of likely N-dealkylation sites (tertiary alicyclic amines) is 1. The lowest BCUT2D eigenvalue weighted by Crippen LogP contribution is -2.38. The van der Waals surface area contributed by atoms with Gasteiger partial charge in [-0.25, -0.2) is 9.48 Å². The number of benzene rings is 1. The number of rotatable bonds is 4. The molecule has 8 heteroatoms. The second kappa shape index (κ2) is 7.46. The molecule has 0 unspecified atom stereocenters. The number of amides is 1. The number of carbonyl (C=O) groups excluding carboxylic acids is 1. The van der Waals surface area contributed by atoms with Crippen LogP contribution in [0.25, 0.3) is 11.3 Å². The molecular weight excluding hydrogens is 358 g/mol. The molecule has 0 bridgehead atoms. The second-order valence-corrected chi connectivity index (χ2v) is 7.02. The predicted molar refractivity (Wildman–Crippen MR) is 103 cm³/mol. The lowest BCUT2D eigenvalue weighted by Gasteiger charge is -2.31. The van der Waals surface area contributed by atoms with Crippen LogP contribution >= 0.6 is 0 Å². The number of nitrogens with zero attached hydrogens (tertiary/aromatic N) is 5. The maximum atomic E-state index is 12.8. The van der Waals surface area contributed by atoms with Crippen LogP contribution in [0.5, 0.6) is 0 Å². The largest absolute Gasteiger partial charge is 0.355 e. The van der Waals surface area contributed by atoms with E-state index in [1.54, 1.807) is 22.6 Å². The highest BCUT2D eigenvalue weighted by atomic mass is 16.5. The van der Waals surface area contributed by atoms with Gasteiger partial charge in [0.1, 0.15) is 5.82 Å². The molecule has 1 aliphatic rings. The number of aryl methyl sites for hydroxylation is 1. The zero-order valence-corrected chi connectivity index (χ0v) is 16.0. The molecule has 1 aliphatic heterocycles. The lowest BCUT2D eigenvalue weighted by molar-refractivity contribution is 0.0699. The molecule has 1 amide bonds. The number of hydrogen-bond donors (Lipinski definition) is 0. The molecule has 1 aromatic carbocycles. The molecule has 146 valence electrons. The van der Waals surface area contributed by atoms with Gasteiger partial charge in [-0.1, -0.05) is 35.5 Å². The summed E-state index contributed by atoms with van der Waals surface area (Å²) in [5, 5.41) is 8.37. The SMILES string of the molecule is CCn1c(C2CCN(C(=O)c3cc(-c4ccccc4)on3)CC2)nn(C)c1=O. The van der Waals surface area contributed by atoms with Crippen LogP contribution in [0.3, 0.4) is 0 Å². The zero-order valence-electron chi connectivity index (χ0n) is 16.0. The predicted octanol–water partition coefficient (Wildman–Crippen LogP) is 2.28. The Labute approximate surface area is 162 Å². The molecule has 0 N–H and O–H groups in total. The molecule has 0 spiro atoms. The summed E-state index contributed by atoms with van der Waals surface area (Å²) in [6, 6.07) is 11.3. The molecule has 3 aromatic rings. The van der Waals surface area contributed by atoms with E-state index in [4.69, 9.17) is 4.52 Å². The third kappa shape index (κ3) is 3.26. The Hall–Kier alpha value is -3.16. The average Bonchev–Trinajstić information content (AvgIpc) is 3.34. The van der Waals surface area contributed by atoms with Crippen molar-refractivity contribution in [3.05, 3.63) is 58.4 Å². The molecule has 4 rings (SSSR count). The van der Waals surface area contributed by atoms with Crippen LogP contribution in [0.4, 0.5) is 0 Å². The van der Waals surface area contributed by atoms with Crippen molar-refractivity contribution in [2.75, 3.05) is 13.1 Å². The first-order valence-electron chi connectivity index (χ1n) is 9.53. The van der Waals surface area contributed by atoms with Crippen LogP contribution in [-0.4, -0.2) is 43.4 Å². The van der Waals surface area contributed by atoms with Crippen molar-refractivity contribution in [2.24, 2.45) is 7.05 Å². The van der Waals surface area contributed by atoms with Gasteiger partial charge in [0.2, 0.25) is 0 Å². The summed E-state index contributed by atoms with van der Waals surface area (Å²) in [7, 11) is 1.67. The summed E-state index contributed by atoms with van der Waals surface area (Å²) in [4.78, 5) is 26.7. The fourth-order valence-electron chi connectivity index (χ4n) is 3.74. The van der Waals surface area contributed by atoms with Crippen LogP contribution in [0, 0.1) is 0 Å². The van der Waals surface area contributed by atoms with Crippen molar-refractivity contribution in [3.63, 3.8) is 0 Å². The van der Waals surface area contributed by atoms with Crippen LogP contribution in [-0.2, 0) is 13.6 Å². The summed E-state index contributed by atoms with van der Waals surface area (Å²) >= 11 is 0. The normalized spacial score (nSPS) is 15.1. The average molecular weight is 381 g/mol. The van der Waals surface area contributed by atoms with Gasteiger partial charge in [-0.05, 0) is 19.8 Å². The highest BCUT2D eigenvalue weighted by molar-refractivity contribution is 5.93. The van der Waals surface area contributed by atoms with Gasteiger partial charge in [-0.15, -0.1) is 0 Å². The second-order valence-electron chi connectivity index (χ2n) is 7.02. The Morgan fingerprint density at radius 1 is 1.21 bits per heavy atom. The summed E-state index contributed by atoms with van der Waals surface area (Å²) in [6.45, 7) is 3.75. The summed E-state index contributed by atoms with van der Waals surface area (Å²) in [6.07, 6.45) is 1.54. The quantitative estimate of drug-likeness (QED) is 0.692. The molecule has 0 radical (unpaired) electrons. The zero-order chi connectivity index (χ0) is 19.7. The minimum atomic E-state index is -0.127. The Balaban J connectivity index is 1.44. The Bertz CT molecular complexity index is 1030. The lowest BCUT2D eigenvalue weighted by atomic mass is 9.95. The summed E-state index contributed by atoms with van der Waals surface area (Å²) < 4.78 is 8.45. The van der Waals surface area contributed by atoms with Gasteiger partial charge >= 0.3 is 5.69 Å². The van der Waals surface area contributed by atoms with Gasteiger partial charge in [-0.3, -0.25) is 9.36 Å². The number of aromatic nitrogens is 4. The molecule has 3 heterocycles. The highest BCUT2D eigenvalue weighted by Gasteiger charge is 2.29. The van der Waals surface area contributed by atoms with E-state index in [1.165, 1.54) is 4.68 Å². The molecule has 1 saturated heterocycles. The van der Waals surface area contributed by atoms with Gasteiger partial charge < -0.3 is 9.42 Å². The van der Waals surface area contributed by atoms with E-state index >= 15 is 0 Å². The third-order valence-corrected chi connectivity index (χ3v) is 5.29. The van der Waals surface area contributed by atoms with E-state index in [1.807, 2.05) is 37.3 Å². The molecule has 2 aromatic heterocycles. The Morgan fingerprint density at radius 3 is 2.61 bits per heavy atom. The number of piperidine rings is 1. The molecule has 0 atom stereocenters. The first-order chi connectivity index (χ1) is 13.6. The molecule has 8 nitrogen and oxygen atoms in total. The van der Waals surface area contributed by atoms with Crippen molar-refractivity contribution in [1.29, 1.82) is 0 Å². The van der Waals surface area contributed by atoms with Crippen LogP contribution in [0.2, 0.25) is 0 Å². The van der Waals surface area contributed by atoms with E-state index in [0.717, 1.165) is 24.2 Å². The Morgan fingerprint density at radius 2 is 1.93 bits per heavy atom. The topological polar surface area (TPSA) is 86.2 Å². The van der Waals surface area contributed by atoms with Gasteiger partial charge in [0, 0.05) is 44.2 Å². The maximum Gasteiger partial charge on any atom is 0.345 e. The smallest absolute Gasteiger partial charge is 0.345 e. The van der Waals surface area contributed by atoms with Crippen molar-refractivity contribution >= 4 is 5.91 Å². The van der Waals surface area contributed by atoms with Crippen molar-refractivity contribution in [3.8, 4) is 11.3 Å².